The van der Waals surface area contributed by atoms with Gasteiger partial charge in [0.25, 0.3) is 5.91 Å². The lowest BCUT2D eigenvalue weighted by molar-refractivity contribution is -0.183. The molecule has 0 unspecified atom stereocenters. The van der Waals surface area contributed by atoms with E-state index in [0.29, 0.717) is 53.1 Å². The molecule has 2 amide bonds. The minimum absolute atomic E-state index is 0.0371. The summed E-state index contributed by atoms with van der Waals surface area (Å²) in [7, 11) is 7.89. The third kappa shape index (κ3) is 7.08. The zero-order chi connectivity index (χ0) is 35.7. The molecular weight excluding hydrogens is 629 g/mol. The van der Waals surface area contributed by atoms with Crippen LogP contribution in [0.2, 0.25) is 0 Å². The Morgan fingerprint density at radius 3 is 2.52 bits per heavy atom. The first-order chi connectivity index (χ1) is 23.9. The molecule has 3 aliphatic carbocycles. The largest absolute Gasteiger partial charge is 0.496 e. The fraction of sp³-hybridized carbons (Fsp3) is 0.500. The van der Waals surface area contributed by atoms with E-state index in [9.17, 15) is 19.8 Å². The molecule has 264 valence electrons. The summed E-state index contributed by atoms with van der Waals surface area (Å²) in [6.07, 6.45) is 1.18. The van der Waals surface area contributed by atoms with Crippen molar-refractivity contribution in [1.29, 1.82) is 0 Å². The molecule has 1 aliphatic heterocycles. The van der Waals surface area contributed by atoms with Crippen LogP contribution in [0.4, 0.5) is 0 Å². The molecule has 3 aromatic rings. The number of rotatable bonds is 12. The molecule has 10 heteroatoms. The highest BCUT2D eigenvalue weighted by Crippen LogP contribution is 2.61. The van der Waals surface area contributed by atoms with Crippen molar-refractivity contribution in [2.75, 3.05) is 20.3 Å². The first kappa shape index (κ1) is 36.1. The minimum atomic E-state index is -0.901. The van der Waals surface area contributed by atoms with Crippen molar-refractivity contribution in [2.24, 2.45) is 29.1 Å². The van der Waals surface area contributed by atoms with Crippen LogP contribution in [0.15, 0.2) is 66.7 Å². The summed E-state index contributed by atoms with van der Waals surface area (Å²) >= 11 is 0. The van der Waals surface area contributed by atoms with Crippen molar-refractivity contribution in [2.45, 2.75) is 77.8 Å². The van der Waals surface area contributed by atoms with Crippen molar-refractivity contribution in [3.63, 3.8) is 0 Å². The third-order valence-corrected chi connectivity index (χ3v) is 11.8. The number of benzene rings is 3. The number of nitrogens with zero attached hydrogens (tertiary/aromatic N) is 1. The quantitative estimate of drug-likeness (QED) is 0.215. The van der Waals surface area contributed by atoms with Gasteiger partial charge in [-0.25, -0.2) is 0 Å². The van der Waals surface area contributed by atoms with E-state index >= 15 is 0 Å². The molecule has 3 aromatic carbocycles. The lowest BCUT2D eigenvalue weighted by Crippen LogP contribution is -2.62. The van der Waals surface area contributed by atoms with Gasteiger partial charge in [-0.15, -0.1) is 0 Å². The SMILES string of the molecule is [B]c1cc(C(=O)NCCc2ccccc2)cc(-c2cccc(CN3O[C@@H](CO)[C@H]([C@H](C)O)[C@H]3C(=O)N[C@H]3C[C@H]4C[C@@H]([C@@H]3C)C4(C)C)c2OC)c1. The third-order valence-electron chi connectivity index (χ3n) is 11.8. The zero-order valence-electron chi connectivity index (χ0n) is 29.8. The number of fused-ring (bicyclic) bond motifs is 2. The summed E-state index contributed by atoms with van der Waals surface area (Å²) in [4.78, 5) is 33.5. The number of nitrogens with one attached hydrogen (secondary N) is 2. The van der Waals surface area contributed by atoms with Gasteiger partial charge in [0.2, 0.25) is 5.91 Å². The summed E-state index contributed by atoms with van der Waals surface area (Å²) in [6, 6.07) is 20.1. The number of aliphatic hydroxyl groups is 2. The molecule has 50 heavy (non-hydrogen) atoms. The van der Waals surface area contributed by atoms with Gasteiger partial charge in [0.1, 0.15) is 25.7 Å². The second-order valence-electron chi connectivity index (χ2n) is 15.1. The molecule has 2 bridgehead atoms. The predicted molar refractivity (Wildman–Crippen MR) is 194 cm³/mol. The zero-order valence-corrected chi connectivity index (χ0v) is 29.8. The molecule has 4 fully saturated rings. The standard InChI is InChI=1S/C40H50BN3O6/c1-23-32-19-29(40(32,3)4)20-33(23)43-39(48)36-35(24(2)46)34(22-45)50-44(36)21-26-12-9-13-31(37(26)49-5)27-16-28(18-30(41)17-27)38(47)42-15-14-25-10-7-6-8-11-25/h6-13,16-18,23-24,29,32-36,45-46H,14-15,19-22H2,1-5H3,(H,42,47)(H,43,48)/t23-,24-,29+,32-,33-,34-,35-,36-/m0/s1. The maximum atomic E-state index is 14.1. The fourth-order valence-electron chi connectivity index (χ4n) is 8.84. The molecule has 3 saturated carbocycles. The Labute approximate surface area is 297 Å². The van der Waals surface area contributed by atoms with Crippen LogP contribution >= 0.6 is 0 Å². The number of carbonyl (C=O) groups excluding carboxylic acids is 2. The summed E-state index contributed by atoms with van der Waals surface area (Å²) < 4.78 is 5.97. The van der Waals surface area contributed by atoms with Gasteiger partial charge in [0.05, 0.1) is 26.4 Å². The molecule has 2 radical (unpaired) electrons. The number of aliphatic hydroxyl groups excluding tert-OH is 2. The number of carbonyl (C=O) groups is 2. The van der Waals surface area contributed by atoms with Crippen LogP contribution in [0.5, 0.6) is 5.75 Å². The van der Waals surface area contributed by atoms with Gasteiger partial charge >= 0.3 is 0 Å². The van der Waals surface area contributed by atoms with E-state index in [1.807, 2.05) is 48.5 Å². The van der Waals surface area contributed by atoms with Gasteiger partial charge in [0, 0.05) is 35.2 Å². The molecule has 0 spiro atoms. The lowest BCUT2D eigenvalue weighted by Gasteiger charge is -2.62. The van der Waals surface area contributed by atoms with Crippen LogP contribution in [0.3, 0.4) is 0 Å². The molecule has 1 heterocycles. The van der Waals surface area contributed by atoms with Crippen molar-refractivity contribution < 1.29 is 29.4 Å². The Morgan fingerprint density at radius 1 is 1.10 bits per heavy atom. The molecule has 4 aliphatic rings. The van der Waals surface area contributed by atoms with Gasteiger partial charge < -0.3 is 25.6 Å². The number of para-hydroxylation sites is 1. The van der Waals surface area contributed by atoms with Crippen molar-refractivity contribution in [3.05, 3.63) is 83.4 Å². The Kier molecular flexibility index (Phi) is 10.7. The van der Waals surface area contributed by atoms with E-state index in [2.05, 4.69) is 31.4 Å². The number of amides is 2. The number of ether oxygens (including phenoxy) is 1. The molecule has 1 saturated heterocycles. The summed E-state index contributed by atoms with van der Waals surface area (Å²) in [5.74, 6) is 0.923. The average molecular weight is 680 g/mol. The van der Waals surface area contributed by atoms with E-state index in [1.54, 1.807) is 37.3 Å². The van der Waals surface area contributed by atoms with Crippen molar-refractivity contribution in [3.8, 4) is 16.9 Å². The van der Waals surface area contributed by atoms with Crippen LogP contribution < -0.4 is 20.8 Å². The van der Waals surface area contributed by atoms with Crippen LogP contribution in [-0.4, -0.2) is 79.5 Å². The normalized spacial score (nSPS) is 27.6. The summed E-state index contributed by atoms with van der Waals surface area (Å²) in [6.45, 7) is 8.82. The van der Waals surface area contributed by atoms with E-state index in [0.717, 1.165) is 23.1 Å². The Hall–Kier alpha value is -3.70. The smallest absolute Gasteiger partial charge is 0.251 e. The first-order valence-corrected chi connectivity index (χ1v) is 17.8. The van der Waals surface area contributed by atoms with Crippen LogP contribution in [0, 0.1) is 29.1 Å². The summed E-state index contributed by atoms with van der Waals surface area (Å²) in [5.41, 5.74) is 4.45. The van der Waals surface area contributed by atoms with Crippen LogP contribution in [-0.2, 0) is 22.6 Å². The fourth-order valence-corrected chi connectivity index (χ4v) is 8.84. The highest BCUT2D eigenvalue weighted by atomic mass is 16.7. The van der Waals surface area contributed by atoms with Gasteiger partial charge in [-0.1, -0.05) is 86.9 Å². The Morgan fingerprint density at radius 2 is 1.86 bits per heavy atom. The van der Waals surface area contributed by atoms with Gasteiger partial charge in [-0.3, -0.25) is 14.4 Å². The number of methoxy groups -OCH3 is 1. The highest BCUT2D eigenvalue weighted by molar-refractivity contribution is 6.33. The number of hydroxylamine groups is 2. The topological polar surface area (TPSA) is 120 Å². The van der Waals surface area contributed by atoms with Gasteiger partial charge in [-0.05, 0) is 66.5 Å². The van der Waals surface area contributed by atoms with Crippen LogP contribution in [0.1, 0.15) is 62.0 Å². The van der Waals surface area contributed by atoms with Crippen LogP contribution in [0.25, 0.3) is 11.1 Å². The number of hydrogen-bond donors (Lipinski definition) is 4. The molecule has 9 nitrogen and oxygen atoms in total. The Bertz CT molecular complexity index is 1680. The summed E-state index contributed by atoms with van der Waals surface area (Å²) in [5, 5.41) is 29.0. The molecule has 0 aromatic heterocycles. The monoisotopic (exact) mass is 679 g/mol. The average Bonchev–Trinajstić information content (AvgIpc) is 3.47. The first-order valence-electron chi connectivity index (χ1n) is 17.8. The molecule has 8 atom stereocenters. The van der Waals surface area contributed by atoms with E-state index in [4.69, 9.17) is 17.4 Å². The highest BCUT2D eigenvalue weighted by Gasteiger charge is 2.57. The maximum Gasteiger partial charge on any atom is 0.251 e. The second kappa shape index (κ2) is 14.9. The maximum absolute atomic E-state index is 14.1. The molecule has 4 N–H and O–H groups in total. The van der Waals surface area contributed by atoms with E-state index < -0.39 is 24.2 Å². The number of hydrogen-bond acceptors (Lipinski definition) is 7. The molecule has 7 rings (SSSR count). The van der Waals surface area contributed by atoms with E-state index in [-0.39, 0.29) is 36.4 Å². The van der Waals surface area contributed by atoms with Gasteiger partial charge in [0.15, 0.2) is 0 Å². The van der Waals surface area contributed by atoms with Crippen molar-refractivity contribution >= 4 is 25.1 Å². The minimum Gasteiger partial charge on any atom is -0.496 e. The lowest BCUT2D eigenvalue weighted by atomic mass is 9.45. The van der Waals surface area contributed by atoms with Crippen molar-refractivity contribution in [1.82, 2.24) is 15.7 Å². The van der Waals surface area contributed by atoms with Gasteiger partial charge in [-0.2, -0.15) is 5.06 Å². The Balaban J connectivity index is 1.23. The van der Waals surface area contributed by atoms with E-state index in [1.165, 1.54) is 6.42 Å². The molecular formula is C40H50BN3O6. The second-order valence-corrected chi connectivity index (χ2v) is 15.1. The predicted octanol–water partition coefficient (Wildman–Crippen LogP) is 3.79.